The third-order valence-electron chi connectivity index (χ3n) is 4.41. The summed E-state index contributed by atoms with van der Waals surface area (Å²) in [6.07, 6.45) is 1.16. The summed E-state index contributed by atoms with van der Waals surface area (Å²) in [6, 6.07) is 17.1. The van der Waals surface area contributed by atoms with E-state index in [2.05, 4.69) is 71.1 Å². The second kappa shape index (κ2) is 6.65. The van der Waals surface area contributed by atoms with Gasteiger partial charge in [-0.3, -0.25) is 4.99 Å². The average molecular weight is 293 g/mol. The summed E-state index contributed by atoms with van der Waals surface area (Å²) in [4.78, 5) is 4.31. The van der Waals surface area contributed by atoms with Crippen LogP contribution in [0.15, 0.2) is 53.5 Å². The summed E-state index contributed by atoms with van der Waals surface area (Å²) < 4.78 is 0. The molecule has 1 unspecified atom stereocenters. The number of aliphatic imine (C=N–C) groups is 1. The molecule has 2 aromatic rings. The fourth-order valence-corrected chi connectivity index (χ4v) is 2.97. The van der Waals surface area contributed by atoms with E-state index in [1.54, 1.807) is 0 Å². The fourth-order valence-electron chi connectivity index (χ4n) is 2.97. The van der Waals surface area contributed by atoms with Crippen LogP contribution in [0.25, 0.3) is 0 Å². The molecule has 1 aliphatic rings. The van der Waals surface area contributed by atoms with Crippen molar-refractivity contribution in [2.75, 3.05) is 13.6 Å². The Balaban J connectivity index is 1.51. The van der Waals surface area contributed by atoms with E-state index in [-0.39, 0.29) is 0 Å². The topological polar surface area (TPSA) is 36.4 Å². The number of hydrogen-bond acceptors (Lipinski definition) is 1. The van der Waals surface area contributed by atoms with Crippen LogP contribution >= 0.6 is 0 Å². The van der Waals surface area contributed by atoms with Crippen LogP contribution in [-0.2, 0) is 13.0 Å². The van der Waals surface area contributed by atoms with Gasteiger partial charge in [-0.05, 0) is 35.6 Å². The molecule has 0 saturated carbocycles. The summed E-state index contributed by atoms with van der Waals surface area (Å²) in [5.41, 5.74) is 5.57. The predicted molar refractivity (Wildman–Crippen MR) is 92.3 cm³/mol. The number of hydrogen-bond donors (Lipinski definition) is 2. The van der Waals surface area contributed by atoms with Crippen LogP contribution in [0, 0.1) is 6.92 Å². The van der Waals surface area contributed by atoms with Crippen molar-refractivity contribution in [3.8, 4) is 0 Å². The lowest BCUT2D eigenvalue weighted by Crippen LogP contribution is -2.40. The second-order valence-corrected chi connectivity index (χ2v) is 5.83. The zero-order chi connectivity index (χ0) is 15.4. The van der Waals surface area contributed by atoms with E-state index in [0.29, 0.717) is 5.92 Å². The standard InChI is InChI=1S/C19H23N3/c1-14-7-3-4-9-16(14)12-21-19(20-2)22-13-17-11-15-8-5-6-10-18(15)17/h3-10,17H,11-13H2,1-2H3,(H2,20,21,22). The lowest BCUT2D eigenvalue weighted by Gasteiger charge is -2.30. The SMILES string of the molecule is CN=C(NCc1ccccc1C)NCC1Cc2ccccc21. The first-order valence-corrected chi connectivity index (χ1v) is 7.84. The number of aryl methyl sites for hydroxylation is 1. The molecule has 0 bridgehead atoms. The summed E-state index contributed by atoms with van der Waals surface area (Å²) in [7, 11) is 1.82. The summed E-state index contributed by atoms with van der Waals surface area (Å²) in [5.74, 6) is 1.47. The molecule has 0 saturated heterocycles. The van der Waals surface area contributed by atoms with Gasteiger partial charge in [0.25, 0.3) is 0 Å². The van der Waals surface area contributed by atoms with Gasteiger partial charge in [0.15, 0.2) is 5.96 Å². The maximum absolute atomic E-state index is 4.31. The minimum absolute atomic E-state index is 0.605. The van der Waals surface area contributed by atoms with Crippen LogP contribution in [0.2, 0.25) is 0 Å². The predicted octanol–water partition coefficient (Wildman–Crippen LogP) is 3.00. The van der Waals surface area contributed by atoms with Gasteiger partial charge in [-0.2, -0.15) is 0 Å². The van der Waals surface area contributed by atoms with Gasteiger partial charge in [0.1, 0.15) is 0 Å². The Hall–Kier alpha value is -2.29. The fraction of sp³-hybridized carbons (Fsp3) is 0.316. The number of rotatable bonds is 4. The molecule has 1 aliphatic carbocycles. The number of guanidine groups is 1. The zero-order valence-electron chi connectivity index (χ0n) is 13.3. The van der Waals surface area contributed by atoms with Crippen molar-refractivity contribution in [3.63, 3.8) is 0 Å². The number of nitrogens with zero attached hydrogens (tertiary/aromatic N) is 1. The first-order chi connectivity index (χ1) is 10.8. The Morgan fingerprint density at radius 2 is 1.86 bits per heavy atom. The second-order valence-electron chi connectivity index (χ2n) is 5.83. The normalized spacial score (nSPS) is 16.6. The Morgan fingerprint density at radius 3 is 2.64 bits per heavy atom. The Morgan fingerprint density at radius 1 is 1.09 bits per heavy atom. The van der Waals surface area contributed by atoms with Gasteiger partial charge in [-0.15, -0.1) is 0 Å². The number of fused-ring (bicyclic) bond motifs is 1. The monoisotopic (exact) mass is 293 g/mol. The van der Waals surface area contributed by atoms with Crippen LogP contribution in [-0.4, -0.2) is 19.6 Å². The van der Waals surface area contributed by atoms with Crippen molar-refractivity contribution in [3.05, 3.63) is 70.8 Å². The Labute approximate surface area is 132 Å². The highest BCUT2D eigenvalue weighted by Gasteiger charge is 2.25. The maximum atomic E-state index is 4.31. The van der Waals surface area contributed by atoms with Gasteiger partial charge in [0, 0.05) is 26.1 Å². The first-order valence-electron chi connectivity index (χ1n) is 7.84. The molecule has 3 rings (SSSR count). The van der Waals surface area contributed by atoms with Crippen LogP contribution < -0.4 is 10.6 Å². The molecular weight excluding hydrogens is 270 g/mol. The highest BCUT2D eigenvalue weighted by atomic mass is 15.2. The van der Waals surface area contributed by atoms with Crippen LogP contribution in [0.1, 0.15) is 28.2 Å². The van der Waals surface area contributed by atoms with Crippen LogP contribution in [0.3, 0.4) is 0 Å². The van der Waals surface area contributed by atoms with Crippen LogP contribution in [0.4, 0.5) is 0 Å². The van der Waals surface area contributed by atoms with Gasteiger partial charge in [0.2, 0.25) is 0 Å². The van der Waals surface area contributed by atoms with Crippen LogP contribution in [0.5, 0.6) is 0 Å². The molecule has 0 fully saturated rings. The molecule has 3 heteroatoms. The summed E-state index contributed by atoms with van der Waals surface area (Å²) in [6.45, 7) is 3.87. The van der Waals surface area contributed by atoms with E-state index in [0.717, 1.165) is 25.5 Å². The van der Waals surface area contributed by atoms with E-state index >= 15 is 0 Å². The largest absolute Gasteiger partial charge is 0.356 e. The molecule has 114 valence electrons. The zero-order valence-corrected chi connectivity index (χ0v) is 13.3. The van der Waals surface area contributed by atoms with Crippen molar-refractivity contribution < 1.29 is 0 Å². The molecular formula is C19H23N3. The lowest BCUT2D eigenvalue weighted by atomic mass is 9.78. The van der Waals surface area contributed by atoms with Crippen molar-refractivity contribution in [1.29, 1.82) is 0 Å². The van der Waals surface area contributed by atoms with E-state index in [1.165, 1.54) is 22.3 Å². The minimum atomic E-state index is 0.605. The first kappa shape index (κ1) is 14.6. The smallest absolute Gasteiger partial charge is 0.191 e. The van der Waals surface area contributed by atoms with E-state index in [9.17, 15) is 0 Å². The Kier molecular flexibility index (Phi) is 4.42. The van der Waals surface area contributed by atoms with Gasteiger partial charge >= 0.3 is 0 Å². The molecule has 0 aliphatic heterocycles. The van der Waals surface area contributed by atoms with E-state index < -0.39 is 0 Å². The van der Waals surface area contributed by atoms with Gasteiger partial charge in [-0.1, -0.05) is 48.5 Å². The maximum Gasteiger partial charge on any atom is 0.191 e. The average Bonchev–Trinajstić information content (AvgIpc) is 2.52. The molecule has 2 N–H and O–H groups in total. The van der Waals surface area contributed by atoms with Gasteiger partial charge in [-0.25, -0.2) is 0 Å². The minimum Gasteiger partial charge on any atom is -0.356 e. The molecule has 3 nitrogen and oxygen atoms in total. The summed E-state index contributed by atoms with van der Waals surface area (Å²) in [5, 5.41) is 6.83. The quantitative estimate of drug-likeness (QED) is 0.671. The number of nitrogens with one attached hydrogen (secondary N) is 2. The molecule has 0 heterocycles. The molecule has 0 aromatic heterocycles. The van der Waals surface area contributed by atoms with E-state index in [1.807, 2.05) is 7.05 Å². The third-order valence-corrected chi connectivity index (χ3v) is 4.41. The highest BCUT2D eigenvalue weighted by molar-refractivity contribution is 5.79. The molecule has 2 aromatic carbocycles. The van der Waals surface area contributed by atoms with E-state index in [4.69, 9.17) is 0 Å². The van der Waals surface area contributed by atoms with Gasteiger partial charge in [0.05, 0.1) is 0 Å². The third kappa shape index (κ3) is 3.14. The highest BCUT2D eigenvalue weighted by Crippen LogP contribution is 2.33. The Bertz CT molecular complexity index is 676. The van der Waals surface area contributed by atoms with Crippen molar-refractivity contribution in [1.82, 2.24) is 10.6 Å². The summed E-state index contributed by atoms with van der Waals surface area (Å²) >= 11 is 0. The van der Waals surface area contributed by atoms with Crippen molar-refractivity contribution in [2.24, 2.45) is 4.99 Å². The van der Waals surface area contributed by atoms with Crippen molar-refractivity contribution in [2.45, 2.75) is 25.8 Å². The molecule has 0 spiro atoms. The molecule has 0 radical (unpaired) electrons. The van der Waals surface area contributed by atoms with Crippen molar-refractivity contribution >= 4 is 5.96 Å². The number of benzene rings is 2. The molecule has 22 heavy (non-hydrogen) atoms. The lowest BCUT2D eigenvalue weighted by molar-refractivity contribution is 0.584. The molecule has 0 amide bonds. The van der Waals surface area contributed by atoms with Gasteiger partial charge < -0.3 is 10.6 Å². The molecule has 1 atom stereocenters.